The van der Waals surface area contributed by atoms with Crippen molar-refractivity contribution in [2.75, 3.05) is 18.4 Å². The van der Waals surface area contributed by atoms with Crippen molar-refractivity contribution in [2.24, 2.45) is 11.8 Å². The summed E-state index contributed by atoms with van der Waals surface area (Å²) in [5.41, 5.74) is 0.410. The lowest BCUT2D eigenvalue weighted by atomic mass is 9.94. The first-order chi connectivity index (χ1) is 10.8. The summed E-state index contributed by atoms with van der Waals surface area (Å²) in [4.78, 5) is 11.9. The van der Waals surface area contributed by atoms with E-state index in [4.69, 9.17) is 4.74 Å². The SMILES string of the molecule is C[C@@H]1C[C@H](C)CN(S(=O)(=O)c2ccc3c(c2)NC(=O)[C@@H](C)O3)C1. The number of fused-ring (bicyclic) bond motifs is 1. The molecule has 7 heteroatoms. The van der Waals surface area contributed by atoms with Crippen molar-refractivity contribution in [2.45, 2.75) is 38.2 Å². The van der Waals surface area contributed by atoms with E-state index in [-0.39, 0.29) is 10.8 Å². The van der Waals surface area contributed by atoms with Crippen LogP contribution in [-0.4, -0.2) is 37.8 Å². The smallest absolute Gasteiger partial charge is 0.265 e. The summed E-state index contributed by atoms with van der Waals surface area (Å²) in [5, 5.41) is 2.70. The van der Waals surface area contributed by atoms with Gasteiger partial charge in [0.15, 0.2) is 6.10 Å². The van der Waals surface area contributed by atoms with Crippen LogP contribution >= 0.6 is 0 Å². The van der Waals surface area contributed by atoms with E-state index in [0.717, 1.165) is 6.42 Å². The fourth-order valence-electron chi connectivity index (χ4n) is 3.30. The number of hydrogen-bond donors (Lipinski definition) is 1. The minimum Gasteiger partial charge on any atom is -0.479 e. The molecule has 3 atom stereocenters. The number of amides is 1. The van der Waals surface area contributed by atoms with E-state index in [0.29, 0.717) is 36.4 Å². The van der Waals surface area contributed by atoms with Crippen molar-refractivity contribution in [3.8, 4) is 5.75 Å². The highest BCUT2D eigenvalue weighted by atomic mass is 32.2. The second kappa shape index (κ2) is 5.79. The van der Waals surface area contributed by atoms with Gasteiger partial charge in [0, 0.05) is 13.1 Å². The van der Waals surface area contributed by atoms with Crippen molar-refractivity contribution >= 4 is 21.6 Å². The first-order valence-electron chi connectivity index (χ1n) is 7.89. The largest absolute Gasteiger partial charge is 0.479 e. The topological polar surface area (TPSA) is 75.7 Å². The molecule has 6 nitrogen and oxygen atoms in total. The van der Waals surface area contributed by atoms with Gasteiger partial charge in [-0.25, -0.2) is 8.42 Å². The number of ether oxygens (including phenoxy) is 1. The molecular weight excluding hydrogens is 316 g/mol. The summed E-state index contributed by atoms with van der Waals surface area (Å²) >= 11 is 0. The Morgan fingerprint density at radius 1 is 1.17 bits per heavy atom. The van der Waals surface area contributed by atoms with E-state index in [2.05, 4.69) is 19.2 Å². The number of carbonyl (C=O) groups excluding carboxylic acids is 1. The third-order valence-corrected chi connectivity index (χ3v) is 6.18. The number of hydrogen-bond acceptors (Lipinski definition) is 4. The van der Waals surface area contributed by atoms with Gasteiger partial charge in [0.25, 0.3) is 5.91 Å². The summed E-state index contributed by atoms with van der Waals surface area (Å²) in [7, 11) is -3.57. The lowest BCUT2D eigenvalue weighted by Crippen LogP contribution is -2.42. The zero-order valence-electron chi connectivity index (χ0n) is 13.6. The third kappa shape index (κ3) is 3.07. The van der Waals surface area contributed by atoms with Crippen molar-refractivity contribution in [3.63, 3.8) is 0 Å². The third-order valence-electron chi connectivity index (χ3n) is 4.36. The van der Waals surface area contributed by atoms with Crippen LogP contribution < -0.4 is 10.1 Å². The summed E-state index contributed by atoms with van der Waals surface area (Å²) in [6.45, 7) is 6.85. The van der Waals surface area contributed by atoms with Gasteiger partial charge in [-0.15, -0.1) is 0 Å². The van der Waals surface area contributed by atoms with Gasteiger partial charge in [0.1, 0.15) is 5.75 Å². The molecule has 126 valence electrons. The molecule has 1 saturated heterocycles. The number of nitrogens with one attached hydrogen (secondary N) is 1. The first-order valence-corrected chi connectivity index (χ1v) is 9.33. The molecule has 0 saturated carbocycles. The van der Waals surface area contributed by atoms with Crippen LogP contribution in [0.5, 0.6) is 5.75 Å². The molecule has 1 N–H and O–H groups in total. The molecule has 2 aliphatic heterocycles. The zero-order chi connectivity index (χ0) is 16.8. The highest BCUT2D eigenvalue weighted by Crippen LogP contribution is 2.34. The quantitative estimate of drug-likeness (QED) is 0.896. The summed E-state index contributed by atoms with van der Waals surface area (Å²) < 4.78 is 32.8. The average Bonchev–Trinajstić information content (AvgIpc) is 2.47. The molecule has 2 heterocycles. The Bertz CT molecular complexity index is 722. The predicted octanol–water partition coefficient (Wildman–Crippen LogP) is 2.07. The molecule has 1 aromatic rings. The van der Waals surface area contributed by atoms with E-state index in [1.165, 1.54) is 6.07 Å². The van der Waals surface area contributed by atoms with Crippen LogP contribution in [0.4, 0.5) is 5.69 Å². The zero-order valence-corrected chi connectivity index (χ0v) is 14.4. The summed E-state index contributed by atoms with van der Waals surface area (Å²) in [6, 6.07) is 4.63. The average molecular weight is 338 g/mol. The molecule has 1 amide bonds. The number of carbonyl (C=O) groups is 1. The van der Waals surface area contributed by atoms with Gasteiger partial charge in [-0.05, 0) is 43.4 Å². The Hall–Kier alpha value is -1.60. The number of sulfonamides is 1. The van der Waals surface area contributed by atoms with Crippen LogP contribution in [0.2, 0.25) is 0 Å². The number of nitrogens with zero attached hydrogens (tertiary/aromatic N) is 1. The molecule has 0 unspecified atom stereocenters. The maximum atomic E-state index is 12.9. The maximum absolute atomic E-state index is 12.9. The van der Waals surface area contributed by atoms with Gasteiger partial charge in [-0.2, -0.15) is 4.31 Å². The number of benzene rings is 1. The number of anilines is 1. The molecule has 0 radical (unpaired) electrons. The molecule has 0 bridgehead atoms. The van der Waals surface area contributed by atoms with E-state index in [1.54, 1.807) is 23.4 Å². The summed E-state index contributed by atoms with van der Waals surface area (Å²) in [6.07, 6.45) is 0.464. The minimum absolute atomic E-state index is 0.191. The van der Waals surface area contributed by atoms with Crippen LogP contribution in [-0.2, 0) is 14.8 Å². The highest BCUT2D eigenvalue weighted by Gasteiger charge is 2.33. The normalized spacial score (nSPS) is 28.7. The van der Waals surface area contributed by atoms with E-state index >= 15 is 0 Å². The van der Waals surface area contributed by atoms with Crippen LogP contribution in [0.15, 0.2) is 23.1 Å². The Morgan fingerprint density at radius 2 is 1.83 bits per heavy atom. The standard InChI is InChI=1S/C16H22N2O4S/c1-10-6-11(2)9-18(8-10)23(20,21)13-4-5-15-14(7-13)17-16(19)12(3)22-15/h4-5,7,10-12H,6,8-9H2,1-3H3,(H,17,19)/t10-,11+,12-/m1/s1. The number of rotatable bonds is 2. The Balaban J connectivity index is 1.92. The van der Waals surface area contributed by atoms with Crippen molar-refractivity contribution in [1.82, 2.24) is 4.31 Å². The molecular formula is C16H22N2O4S. The summed E-state index contributed by atoms with van der Waals surface area (Å²) in [5.74, 6) is 0.911. The van der Waals surface area contributed by atoms with Crippen molar-refractivity contribution in [1.29, 1.82) is 0 Å². The Labute approximate surface area is 136 Å². The Kier molecular flexibility index (Phi) is 4.10. The molecule has 1 aromatic carbocycles. The fourth-order valence-corrected chi connectivity index (χ4v) is 5.01. The van der Waals surface area contributed by atoms with E-state index in [9.17, 15) is 13.2 Å². The molecule has 3 rings (SSSR count). The highest BCUT2D eigenvalue weighted by molar-refractivity contribution is 7.89. The van der Waals surface area contributed by atoms with Crippen molar-refractivity contribution < 1.29 is 17.9 Å². The van der Waals surface area contributed by atoms with Crippen molar-refractivity contribution in [3.05, 3.63) is 18.2 Å². The second-order valence-electron chi connectivity index (χ2n) is 6.68. The fraction of sp³-hybridized carbons (Fsp3) is 0.562. The van der Waals surface area contributed by atoms with Crippen LogP contribution in [0.1, 0.15) is 27.2 Å². The van der Waals surface area contributed by atoms with Crippen LogP contribution in [0, 0.1) is 11.8 Å². The van der Waals surface area contributed by atoms with Gasteiger partial charge in [-0.3, -0.25) is 4.79 Å². The maximum Gasteiger partial charge on any atom is 0.265 e. The van der Waals surface area contributed by atoms with Crippen LogP contribution in [0.3, 0.4) is 0 Å². The van der Waals surface area contributed by atoms with E-state index < -0.39 is 16.1 Å². The number of piperidine rings is 1. The molecule has 1 fully saturated rings. The van der Waals surface area contributed by atoms with Gasteiger partial charge in [0.2, 0.25) is 10.0 Å². The molecule has 0 aromatic heterocycles. The second-order valence-corrected chi connectivity index (χ2v) is 8.61. The predicted molar refractivity (Wildman–Crippen MR) is 86.9 cm³/mol. The first kappa shape index (κ1) is 16.3. The minimum atomic E-state index is -3.57. The lowest BCUT2D eigenvalue weighted by Gasteiger charge is -2.34. The lowest BCUT2D eigenvalue weighted by molar-refractivity contribution is -0.122. The monoisotopic (exact) mass is 338 g/mol. The van der Waals surface area contributed by atoms with Gasteiger partial charge in [-0.1, -0.05) is 13.8 Å². The van der Waals surface area contributed by atoms with E-state index in [1.807, 2.05) is 0 Å². The Morgan fingerprint density at radius 3 is 2.48 bits per heavy atom. The molecule has 2 aliphatic rings. The van der Waals surface area contributed by atoms with Gasteiger partial charge in [0.05, 0.1) is 10.6 Å². The van der Waals surface area contributed by atoms with Gasteiger partial charge < -0.3 is 10.1 Å². The molecule has 0 aliphatic carbocycles. The van der Waals surface area contributed by atoms with Crippen LogP contribution in [0.25, 0.3) is 0 Å². The van der Waals surface area contributed by atoms with Gasteiger partial charge >= 0.3 is 0 Å². The molecule has 0 spiro atoms. The molecule has 23 heavy (non-hydrogen) atoms.